The Morgan fingerprint density at radius 2 is 1.04 bits per heavy atom. The quantitative estimate of drug-likeness (QED) is 0.146. The fraction of sp³-hybridized carbons (Fsp3) is 0.952. The van der Waals surface area contributed by atoms with E-state index < -0.39 is 13.8 Å². The summed E-state index contributed by atoms with van der Waals surface area (Å²) < 4.78 is 21.5. The molecule has 0 rings (SSSR count). The molecule has 1 atom stereocenters. The van der Waals surface area contributed by atoms with Crippen molar-refractivity contribution in [2.75, 3.05) is 13.2 Å². The van der Waals surface area contributed by atoms with Gasteiger partial charge in [-0.25, -0.2) is 4.57 Å². The number of carboxylic acids is 1. The van der Waals surface area contributed by atoms with Crippen molar-refractivity contribution in [2.24, 2.45) is 0 Å². The maximum Gasteiger partial charge on any atom is 0.472 e. The molecule has 0 aliphatic heterocycles. The van der Waals surface area contributed by atoms with Gasteiger partial charge < -0.3 is 10.00 Å². The second-order valence-electron chi connectivity index (χ2n) is 7.58. The van der Waals surface area contributed by atoms with Gasteiger partial charge in [-0.1, -0.05) is 90.4 Å². The smallest absolute Gasteiger partial charge is 0.472 e. The molecule has 0 heterocycles. The van der Waals surface area contributed by atoms with Gasteiger partial charge in [0.2, 0.25) is 0 Å². The van der Waals surface area contributed by atoms with E-state index in [4.69, 9.17) is 14.2 Å². The highest BCUT2D eigenvalue weighted by atomic mass is 31.2. The highest BCUT2D eigenvalue weighted by molar-refractivity contribution is 7.47. The van der Waals surface area contributed by atoms with Crippen molar-refractivity contribution in [3.05, 3.63) is 0 Å². The molecule has 0 aliphatic rings. The van der Waals surface area contributed by atoms with Crippen LogP contribution in [0.1, 0.15) is 116 Å². The van der Waals surface area contributed by atoms with Crippen molar-refractivity contribution in [2.45, 2.75) is 116 Å². The predicted molar refractivity (Wildman–Crippen MR) is 114 cm³/mol. The molecule has 2 N–H and O–H groups in total. The van der Waals surface area contributed by atoms with Crippen LogP contribution >= 0.6 is 7.82 Å². The van der Waals surface area contributed by atoms with Crippen LogP contribution in [0.4, 0.5) is 0 Å². The number of aliphatic carboxylic acids is 1. The minimum Gasteiger partial charge on any atom is -0.481 e. The lowest BCUT2D eigenvalue weighted by molar-refractivity contribution is -0.137. The van der Waals surface area contributed by atoms with Gasteiger partial charge in [0, 0.05) is 6.42 Å². The zero-order valence-electron chi connectivity index (χ0n) is 17.9. The molecule has 0 saturated heterocycles. The Bertz CT molecular complexity index is 402. The summed E-state index contributed by atoms with van der Waals surface area (Å²) in [6.45, 7) is 2.64. The molecule has 7 heteroatoms. The van der Waals surface area contributed by atoms with E-state index in [1.54, 1.807) is 0 Å². The van der Waals surface area contributed by atoms with Gasteiger partial charge in [-0.3, -0.25) is 13.8 Å². The van der Waals surface area contributed by atoms with Crippen LogP contribution in [-0.4, -0.2) is 29.2 Å². The second kappa shape index (κ2) is 19.9. The average molecular weight is 423 g/mol. The third-order valence-electron chi connectivity index (χ3n) is 4.79. The summed E-state index contributed by atoms with van der Waals surface area (Å²) in [5.41, 5.74) is 0. The number of hydrogen-bond donors (Lipinski definition) is 2. The van der Waals surface area contributed by atoms with Crippen LogP contribution in [0.5, 0.6) is 0 Å². The van der Waals surface area contributed by atoms with Gasteiger partial charge in [0.25, 0.3) is 0 Å². The largest absolute Gasteiger partial charge is 0.481 e. The average Bonchev–Trinajstić information content (AvgIpc) is 2.64. The fourth-order valence-electron chi connectivity index (χ4n) is 3.07. The predicted octanol–water partition coefficient (Wildman–Crippen LogP) is 6.86. The van der Waals surface area contributed by atoms with Gasteiger partial charge >= 0.3 is 13.8 Å². The summed E-state index contributed by atoms with van der Waals surface area (Å²) in [6.07, 6.45) is 17.8. The number of rotatable bonds is 22. The van der Waals surface area contributed by atoms with E-state index in [-0.39, 0.29) is 13.2 Å². The molecule has 0 saturated carbocycles. The highest BCUT2D eigenvalue weighted by Crippen LogP contribution is 2.43. The molecule has 168 valence electrons. The molecule has 28 heavy (non-hydrogen) atoms. The molecule has 1 unspecified atom stereocenters. The highest BCUT2D eigenvalue weighted by Gasteiger charge is 2.19. The minimum atomic E-state index is -3.85. The van der Waals surface area contributed by atoms with Crippen molar-refractivity contribution >= 4 is 13.8 Å². The van der Waals surface area contributed by atoms with Crippen molar-refractivity contribution in [1.82, 2.24) is 0 Å². The summed E-state index contributed by atoms with van der Waals surface area (Å²) in [4.78, 5) is 19.9. The maximum atomic E-state index is 11.6. The van der Waals surface area contributed by atoms with E-state index in [0.717, 1.165) is 57.8 Å². The molecular weight excluding hydrogens is 379 g/mol. The molecule has 0 spiro atoms. The van der Waals surface area contributed by atoms with E-state index in [2.05, 4.69) is 6.92 Å². The van der Waals surface area contributed by atoms with Crippen LogP contribution in [0.15, 0.2) is 0 Å². The van der Waals surface area contributed by atoms with Crippen molar-refractivity contribution < 1.29 is 28.4 Å². The summed E-state index contributed by atoms with van der Waals surface area (Å²) in [5, 5.41) is 8.56. The monoisotopic (exact) mass is 422 g/mol. The Labute approximate surface area is 172 Å². The molecule has 6 nitrogen and oxygen atoms in total. The van der Waals surface area contributed by atoms with Crippen molar-refractivity contribution in [1.29, 1.82) is 0 Å². The lowest BCUT2D eigenvalue weighted by Gasteiger charge is -2.11. The molecular formula is C21H43O6P. The van der Waals surface area contributed by atoms with Crippen molar-refractivity contribution in [3.8, 4) is 0 Å². The van der Waals surface area contributed by atoms with Crippen LogP contribution in [0, 0.1) is 0 Å². The Morgan fingerprint density at radius 1 is 0.679 bits per heavy atom. The van der Waals surface area contributed by atoms with Crippen LogP contribution in [-0.2, 0) is 18.4 Å². The van der Waals surface area contributed by atoms with Gasteiger partial charge in [-0.2, -0.15) is 0 Å². The van der Waals surface area contributed by atoms with Gasteiger partial charge in [0.15, 0.2) is 0 Å². The lowest BCUT2D eigenvalue weighted by atomic mass is 10.0. The Balaban J connectivity index is 3.23. The normalized spacial score (nSPS) is 13.5. The zero-order chi connectivity index (χ0) is 20.9. The Morgan fingerprint density at radius 3 is 1.43 bits per heavy atom. The first-order valence-electron chi connectivity index (χ1n) is 11.3. The van der Waals surface area contributed by atoms with E-state index in [1.165, 1.54) is 44.9 Å². The van der Waals surface area contributed by atoms with Gasteiger partial charge in [0.05, 0.1) is 13.2 Å². The van der Waals surface area contributed by atoms with Crippen LogP contribution in [0.25, 0.3) is 0 Å². The second-order valence-corrected chi connectivity index (χ2v) is 9.04. The third kappa shape index (κ3) is 21.9. The fourth-order valence-corrected chi connectivity index (χ4v) is 3.87. The number of unbranched alkanes of at least 4 members (excludes halogenated alkanes) is 14. The van der Waals surface area contributed by atoms with Gasteiger partial charge in [0.1, 0.15) is 0 Å². The first kappa shape index (κ1) is 27.6. The number of phosphoric acid groups is 1. The topological polar surface area (TPSA) is 93.1 Å². The first-order valence-corrected chi connectivity index (χ1v) is 12.8. The number of hydrogen-bond acceptors (Lipinski definition) is 4. The summed E-state index contributed by atoms with van der Waals surface area (Å²) in [7, 11) is -3.85. The SMILES string of the molecule is CCCCCOP(=O)(O)OCCCCCCCCCCCCCCCC(=O)O. The summed E-state index contributed by atoms with van der Waals surface area (Å²) in [6, 6.07) is 0. The number of phosphoric ester groups is 1. The van der Waals surface area contributed by atoms with Crippen molar-refractivity contribution in [3.63, 3.8) is 0 Å². The number of carboxylic acid groups (broad SMARTS) is 1. The zero-order valence-corrected chi connectivity index (χ0v) is 18.8. The maximum absolute atomic E-state index is 11.6. The third-order valence-corrected chi connectivity index (χ3v) is 5.81. The summed E-state index contributed by atoms with van der Waals surface area (Å²) >= 11 is 0. The molecule has 0 amide bonds. The van der Waals surface area contributed by atoms with Gasteiger partial charge in [-0.15, -0.1) is 0 Å². The lowest BCUT2D eigenvalue weighted by Crippen LogP contribution is -1.99. The Hall–Kier alpha value is -0.420. The molecule has 0 aromatic carbocycles. The first-order chi connectivity index (χ1) is 13.5. The van der Waals surface area contributed by atoms with Crippen LogP contribution in [0.3, 0.4) is 0 Å². The van der Waals surface area contributed by atoms with Crippen LogP contribution in [0.2, 0.25) is 0 Å². The van der Waals surface area contributed by atoms with E-state index >= 15 is 0 Å². The Kier molecular flexibility index (Phi) is 19.6. The van der Waals surface area contributed by atoms with Gasteiger partial charge in [-0.05, 0) is 19.3 Å². The standard InChI is InChI=1S/C21H43O6P/c1-2-3-16-19-26-28(24,25)27-20-17-14-12-10-8-6-4-5-7-9-11-13-15-18-21(22)23/h2-20H2,1H3,(H,22,23)(H,24,25). The molecule has 0 bridgehead atoms. The van der Waals surface area contributed by atoms with E-state index in [9.17, 15) is 14.3 Å². The van der Waals surface area contributed by atoms with Crippen LogP contribution < -0.4 is 0 Å². The molecule has 0 radical (unpaired) electrons. The number of carbonyl (C=O) groups is 1. The summed E-state index contributed by atoms with van der Waals surface area (Å²) in [5.74, 6) is -0.687. The minimum absolute atomic E-state index is 0.284. The van der Waals surface area contributed by atoms with E-state index in [1.807, 2.05) is 0 Å². The molecule has 0 aromatic heterocycles. The van der Waals surface area contributed by atoms with E-state index in [0.29, 0.717) is 6.42 Å². The molecule has 0 aliphatic carbocycles. The molecule has 0 fully saturated rings. The molecule has 0 aromatic rings.